The van der Waals surface area contributed by atoms with E-state index in [1.165, 1.54) is 5.56 Å². The molecule has 1 rings (SSSR count). The number of carbonyl (C=O) groups is 1. The predicted octanol–water partition coefficient (Wildman–Crippen LogP) is 3.03. The zero-order valence-corrected chi connectivity index (χ0v) is 10.2. The standard InChI is InChI=1S/C11H14BrNO/c1-7-5-4-6-10(8(7)2)13-11(14)9(3)12/h4-6,9H,1-3H3,(H,13,14)/t9-/m0/s1. The van der Waals surface area contributed by atoms with Crippen molar-refractivity contribution in [2.75, 3.05) is 5.32 Å². The average molecular weight is 256 g/mol. The van der Waals surface area contributed by atoms with Crippen LogP contribution >= 0.6 is 15.9 Å². The van der Waals surface area contributed by atoms with Crippen LogP contribution in [-0.4, -0.2) is 10.7 Å². The zero-order valence-electron chi connectivity index (χ0n) is 8.60. The van der Waals surface area contributed by atoms with Crippen LogP contribution < -0.4 is 5.32 Å². The van der Waals surface area contributed by atoms with Crippen molar-refractivity contribution in [1.82, 2.24) is 0 Å². The molecular formula is C11H14BrNO. The van der Waals surface area contributed by atoms with Gasteiger partial charge in [-0.3, -0.25) is 4.79 Å². The molecule has 0 unspecified atom stereocenters. The molecule has 76 valence electrons. The Morgan fingerprint density at radius 1 is 1.43 bits per heavy atom. The summed E-state index contributed by atoms with van der Waals surface area (Å²) in [4.78, 5) is 11.3. The van der Waals surface area contributed by atoms with Gasteiger partial charge in [0.05, 0.1) is 4.83 Å². The van der Waals surface area contributed by atoms with Crippen LogP contribution in [0.3, 0.4) is 0 Å². The highest BCUT2D eigenvalue weighted by Gasteiger charge is 2.10. The molecule has 0 aromatic heterocycles. The van der Waals surface area contributed by atoms with Gasteiger partial charge in [-0.1, -0.05) is 28.1 Å². The Morgan fingerprint density at radius 3 is 2.64 bits per heavy atom. The van der Waals surface area contributed by atoms with Gasteiger partial charge in [0.2, 0.25) is 5.91 Å². The molecule has 14 heavy (non-hydrogen) atoms. The van der Waals surface area contributed by atoms with Crippen molar-refractivity contribution < 1.29 is 4.79 Å². The van der Waals surface area contributed by atoms with E-state index in [9.17, 15) is 4.79 Å². The summed E-state index contributed by atoms with van der Waals surface area (Å²) in [6, 6.07) is 5.88. The lowest BCUT2D eigenvalue weighted by Gasteiger charge is -2.11. The third kappa shape index (κ3) is 2.58. The fourth-order valence-electron chi connectivity index (χ4n) is 1.12. The van der Waals surface area contributed by atoms with Crippen molar-refractivity contribution in [1.29, 1.82) is 0 Å². The van der Waals surface area contributed by atoms with E-state index in [1.807, 2.05) is 32.0 Å². The Bertz CT molecular complexity index is 347. The molecule has 0 radical (unpaired) electrons. The van der Waals surface area contributed by atoms with Crippen LogP contribution in [-0.2, 0) is 4.79 Å². The highest BCUT2D eigenvalue weighted by atomic mass is 79.9. The van der Waals surface area contributed by atoms with Gasteiger partial charge in [-0.15, -0.1) is 0 Å². The van der Waals surface area contributed by atoms with Crippen molar-refractivity contribution in [3.8, 4) is 0 Å². The minimum absolute atomic E-state index is 0.0151. The molecule has 1 aromatic carbocycles. The van der Waals surface area contributed by atoms with E-state index in [0.717, 1.165) is 11.3 Å². The van der Waals surface area contributed by atoms with E-state index in [0.29, 0.717) is 0 Å². The molecule has 0 aliphatic heterocycles. The van der Waals surface area contributed by atoms with Gasteiger partial charge in [0.1, 0.15) is 0 Å². The van der Waals surface area contributed by atoms with Gasteiger partial charge < -0.3 is 5.32 Å². The molecule has 0 saturated carbocycles. The van der Waals surface area contributed by atoms with Crippen molar-refractivity contribution in [2.45, 2.75) is 25.6 Å². The third-order valence-corrected chi connectivity index (χ3v) is 2.64. The molecule has 3 heteroatoms. The minimum atomic E-state index is -0.164. The Hall–Kier alpha value is -0.830. The SMILES string of the molecule is Cc1cccc(NC(=O)[C@H](C)Br)c1C. The van der Waals surface area contributed by atoms with Gasteiger partial charge in [0.25, 0.3) is 0 Å². The molecular weight excluding hydrogens is 242 g/mol. The van der Waals surface area contributed by atoms with Gasteiger partial charge in [0.15, 0.2) is 0 Å². The lowest BCUT2D eigenvalue weighted by atomic mass is 10.1. The molecule has 0 aliphatic rings. The molecule has 0 aliphatic carbocycles. The Kier molecular flexibility index (Phi) is 3.69. The van der Waals surface area contributed by atoms with E-state index in [-0.39, 0.29) is 10.7 Å². The molecule has 0 bridgehead atoms. The number of halogens is 1. The quantitative estimate of drug-likeness (QED) is 0.809. The second-order valence-electron chi connectivity index (χ2n) is 3.35. The number of anilines is 1. The van der Waals surface area contributed by atoms with Crippen LogP contribution in [0.4, 0.5) is 5.69 Å². The lowest BCUT2D eigenvalue weighted by Crippen LogP contribution is -2.20. The van der Waals surface area contributed by atoms with Crippen molar-refractivity contribution in [3.05, 3.63) is 29.3 Å². The van der Waals surface area contributed by atoms with Gasteiger partial charge in [-0.05, 0) is 38.0 Å². The lowest BCUT2D eigenvalue weighted by molar-refractivity contribution is -0.115. The summed E-state index contributed by atoms with van der Waals surface area (Å²) in [5.41, 5.74) is 3.19. The van der Waals surface area contributed by atoms with Gasteiger partial charge in [-0.2, -0.15) is 0 Å². The minimum Gasteiger partial charge on any atom is -0.325 e. The molecule has 1 N–H and O–H groups in total. The van der Waals surface area contributed by atoms with Crippen LogP contribution in [0.1, 0.15) is 18.1 Å². The van der Waals surface area contributed by atoms with Gasteiger partial charge in [-0.25, -0.2) is 0 Å². The summed E-state index contributed by atoms with van der Waals surface area (Å²) >= 11 is 3.23. The summed E-state index contributed by atoms with van der Waals surface area (Å²) in [6.45, 7) is 5.84. The zero-order chi connectivity index (χ0) is 10.7. The molecule has 2 nitrogen and oxygen atoms in total. The summed E-state index contributed by atoms with van der Waals surface area (Å²) < 4.78 is 0. The van der Waals surface area contributed by atoms with Crippen molar-refractivity contribution in [2.24, 2.45) is 0 Å². The first-order valence-corrected chi connectivity index (χ1v) is 5.45. The predicted molar refractivity (Wildman–Crippen MR) is 62.9 cm³/mol. The first-order chi connectivity index (χ1) is 6.52. The largest absolute Gasteiger partial charge is 0.325 e. The Morgan fingerprint density at radius 2 is 2.07 bits per heavy atom. The van der Waals surface area contributed by atoms with Crippen LogP contribution in [0, 0.1) is 13.8 Å². The van der Waals surface area contributed by atoms with E-state index < -0.39 is 0 Å². The average Bonchev–Trinajstić information content (AvgIpc) is 2.12. The second-order valence-corrected chi connectivity index (χ2v) is 4.73. The normalized spacial score (nSPS) is 12.3. The monoisotopic (exact) mass is 255 g/mol. The van der Waals surface area contributed by atoms with Crippen molar-refractivity contribution >= 4 is 27.5 Å². The third-order valence-electron chi connectivity index (χ3n) is 2.22. The highest BCUT2D eigenvalue weighted by Crippen LogP contribution is 2.18. The smallest absolute Gasteiger partial charge is 0.237 e. The van der Waals surface area contributed by atoms with E-state index in [2.05, 4.69) is 21.2 Å². The second kappa shape index (κ2) is 4.60. The summed E-state index contributed by atoms with van der Waals surface area (Å²) in [5, 5.41) is 2.86. The van der Waals surface area contributed by atoms with Gasteiger partial charge >= 0.3 is 0 Å². The molecule has 0 fully saturated rings. The number of alkyl halides is 1. The summed E-state index contributed by atoms with van der Waals surface area (Å²) in [6.07, 6.45) is 0. The summed E-state index contributed by atoms with van der Waals surface area (Å²) in [7, 11) is 0. The summed E-state index contributed by atoms with van der Waals surface area (Å²) in [5.74, 6) is -0.0151. The molecule has 1 atom stereocenters. The Balaban J connectivity index is 2.87. The van der Waals surface area contributed by atoms with Crippen LogP contribution in [0.5, 0.6) is 0 Å². The number of nitrogens with one attached hydrogen (secondary N) is 1. The molecule has 1 amide bonds. The maximum Gasteiger partial charge on any atom is 0.237 e. The number of rotatable bonds is 2. The van der Waals surface area contributed by atoms with Crippen molar-refractivity contribution in [3.63, 3.8) is 0 Å². The maximum absolute atomic E-state index is 11.4. The van der Waals surface area contributed by atoms with Crippen LogP contribution in [0.25, 0.3) is 0 Å². The van der Waals surface area contributed by atoms with Gasteiger partial charge in [0, 0.05) is 5.69 Å². The first kappa shape index (κ1) is 11.2. The number of hydrogen-bond acceptors (Lipinski definition) is 1. The first-order valence-electron chi connectivity index (χ1n) is 4.53. The van der Waals surface area contributed by atoms with E-state index in [4.69, 9.17) is 0 Å². The number of aryl methyl sites for hydroxylation is 1. The van der Waals surface area contributed by atoms with E-state index >= 15 is 0 Å². The number of amides is 1. The molecule has 1 aromatic rings. The maximum atomic E-state index is 11.4. The number of benzene rings is 1. The fraction of sp³-hybridized carbons (Fsp3) is 0.364. The molecule has 0 spiro atoms. The number of hydrogen-bond donors (Lipinski definition) is 1. The fourth-order valence-corrected chi connectivity index (χ4v) is 1.23. The van der Waals surface area contributed by atoms with E-state index in [1.54, 1.807) is 6.92 Å². The molecule has 0 saturated heterocycles. The number of carbonyl (C=O) groups excluding carboxylic acids is 1. The molecule has 0 heterocycles. The van der Waals surface area contributed by atoms with Crippen LogP contribution in [0.2, 0.25) is 0 Å². The highest BCUT2D eigenvalue weighted by molar-refractivity contribution is 9.10. The van der Waals surface area contributed by atoms with Crippen LogP contribution in [0.15, 0.2) is 18.2 Å². The Labute approximate surface area is 92.8 Å². The topological polar surface area (TPSA) is 29.1 Å².